The normalized spacial score (nSPS) is 11.5. The molecular weight excluding hydrogens is 235 g/mol. The number of rotatable bonds is 1. The molecule has 0 aliphatic heterocycles. The number of alkyl halides is 3. The molecule has 4 nitrogen and oxygen atoms in total. The minimum atomic E-state index is -4.75. The first-order valence-electron chi connectivity index (χ1n) is 4.55. The van der Waals surface area contributed by atoms with Crippen LogP contribution in [0, 0.1) is 0 Å². The van der Waals surface area contributed by atoms with Crippen molar-refractivity contribution in [1.29, 1.82) is 0 Å². The van der Waals surface area contributed by atoms with E-state index in [1.807, 2.05) is 0 Å². The highest BCUT2D eigenvalue weighted by Crippen LogP contribution is 2.14. The van der Waals surface area contributed by atoms with Crippen LogP contribution in [0.2, 0.25) is 0 Å². The van der Waals surface area contributed by atoms with Gasteiger partial charge >= 0.3 is 6.30 Å². The predicted molar refractivity (Wildman–Crippen MR) is 53.1 cm³/mol. The third kappa shape index (κ3) is 2.68. The van der Waals surface area contributed by atoms with Crippen molar-refractivity contribution >= 4 is 16.8 Å². The maximum absolute atomic E-state index is 11.9. The molecule has 0 fully saturated rings. The lowest BCUT2D eigenvalue weighted by molar-refractivity contribution is -0.146. The van der Waals surface area contributed by atoms with E-state index in [0.29, 0.717) is 10.9 Å². The first-order valence-corrected chi connectivity index (χ1v) is 4.55. The number of amides is 1. The Bertz CT molecular complexity index is 568. The van der Waals surface area contributed by atoms with Gasteiger partial charge in [-0.25, -0.2) is 0 Å². The van der Waals surface area contributed by atoms with Crippen molar-refractivity contribution in [2.75, 3.05) is 0 Å². The van der Waals surface area contributed by atoms with E-state index < -0.39 is 12.2 Å². The van der Waals surface area contributed by atoms with Gasteiger partial charge in [0.1, 0.15) is 0 Å². The van der Waals surface area contributed by atoms with E-state index in [0.717, 1.165) is 11.5 Å². The van der Waals surface area contributed by atoms with Gasteiger partial charge in [-0.05, 0) is 12.1 Å². The summed E-state index contributed by atoms with van der Waals surface area (Å²) in [5, 5.41) is 1.40. The monoisotopic (exact) mass is 241 g/mol. The van der Waals surface area contributed by atoms with Crippen molar-refractivity contribution in [3.05, 3.63) is 36.3 Å². The summed E-state index contributed by atoms with van der Waals surface area (Å²) in [6.07, 6.45) is -0.734. The third-order valence-corrected chi connectivity index (χ3v) is 2.00. The first kappa shape index (κ1) is 11.3. The number of halogens is 3. The maximum atomic E-state index is 11.9. The van der Waals surface area contributed by atoms with E-state index in [1.165, 1.54) is 18.5 Å². The SMILES string of the molecule is O=C(NC(F)(F)F)c1cnc2ccncc2c1. The Morgan fingerprint density at radius 2 is 2.06 bits per heavy atom. The summed E-state index contributed by atoms with van der Waals surface area (Å²) in [7, 11) is 0. The number of nitrogens with one attached hydrogen (secondary N) is 1. The minimum absolute atomic E-state index is 0.164. The predicted octanol–water partition coefficient (Wildman–Crippen LogP) is 1.88. The van der Waals surface area contributed by atoms with Crippen LogP contribution in [0.4, 0.5) is 13.2 Å². The highest BCUT2D eigenvalue weighted by Gasteiger charge is 2.30. The van der Waals surface area contributed by atoms with Gasteiger partial charge in [0.15, 0.2) is 0 Å². The molecule has 2 rings (SSSR count). The summed E-state index contributed by atoms with van der Waals surface area (Å²) in [4.78, 5) is 18.9. The van der Waals surface area contributed by atoms with Crippen LogP contribution in [0.25, 0.3) is 10.9 Å². The van der Waals surface area contributed by atoms with E-state index in [9.17, 15) is 18.0 Å². The van der Waals surface area contributed by atoms with Crippen LogP contribution < -0.4 is 5.32 Å². The number of hydrogen-bond acceptors (Lipinski definition) is 3. The fourth-order valence-corrected chi connectivity index (χ4v) is 1.30. The molecule has 0 unspecified atom stereocenters. The van der Waals surface area contributed by atoms with Crippen LogP contribution in [-0.4, -0.2) is 22.2 Å². The Labute approximate surface area is 93.5 Å². The average molecular weight is 241 g/mol. The van der Waals surface area contributed by atoms with Crippen molar-refractivity contribution in [1.82, 2.24) is 15.3 Å². The molecule has 2 heterocycles. The zero-order chi connectivity index (χ0) is 12.5. The Morgan fingerprint density at radius 3 is 2.76 bits per heavy atom. The minimum Gasteiger partial charge on any atom is -0.269 e. The molecular formula is C10H6F3N3O. The zero-order valence-electron chi connectivity index (χ0n) is 8.32. The number of aromatic nitrogens is 2. The van der Waals surface area contributed by atoms with E-state index in [1.54, 1.807) is 6.07 Å². The highest BCUT2D eigenvalue weighted by molar-refractivity contribution is 5.97. The first-order chi connectivity index (χ1) is 7.96. The molecule has 17 heavy (non-hydrogen) atoms. The number of hydrogen-bond donors (Lipinski definition) is 1. The number of nitrogens with zero attached hydrogens (tertiary/aromatic N) is 2. The van der Waals surface area contributed by atoms with Gasteiger partial charge in [-0.2, -0.15) is 13.2 Å². The highest BCUT2D eigenvalue weighted by atomic mass is 19.4. The zero-order valence-corrected chi connectivity index (χ0v) is 8.32. The fraction of sp³-hybridized carbons (Fsp3) is 0.100. The van der Waals surface area contributed by atoms with Crippen LogP contribution in [-0.2, 0) is 0 Å². The summed E-state index contributed by atoms with van der Waals surface area (Å²) < 4.78 is 35.8. The molecule has 1 amide bonds. The molecule has 1 N–H and O–H groups in total. The van der Waals surface area contributed by atoms with Crippen molar-refractivity contribution in [2.24, 2.45) is 0 Å². The largest absolute Gasteiger partial charge is 0.484 e. The quantitative estimate of drug-likeness (QED) is 0.775. The molecule has 0 saturated heterocycles. The van der Waals surface area contributed by atoms with Crippen LogP contribution in [0.15, 0.2) is 30.7 Å². The van der Waals surface area contributed by atoms with Gasteiger partial charge < -0.3 is 0 Å². The molecule has 0 aliphatic rings. The summed E-state index contributed by atoms with van der Waals surface area (Å²) in [6.45, 7) is 0. The summed E-state index contributed by atoms with van der Waals surface area (Å²) >= 11 is 0. The lowest BCUT2D eigenvalue weighted by Crippen LogP contribution is -2.37. The Balaban J connectivity index is 2.33. The number of fused-ring (bicyclic) bond motifs is 1. The number of pyridine rings is 2. The lowest BCUT2D eigenvalue weighted by Gasteiger charge is -2.08. The Hall–Kier alpha value is -2.18. The Morgan fingerprint density at radius 1 is 1.29 bits per heavy atom. The van der Waals surface area contributed by atoms with Gasteiger partial charge in [0.05, 0.1) is 11.1 Å². The molecule has 0 radical (unpaired) electrons. The second kappa shape index (κ2) is 4.00. The molecule has 0 aromatic carbocycles. The molecule has 88 valence electrons. The smallest absolute Gasteiger partial charge is 0.269 e. The fourth-order valence-electron chi connectivity index (χ4n) is 1.30. The standard InChI is InChI=1S/C10H6F3N3O/c11-10(12,13)16-9(17)7-3-6-4-14-2-1-8(6)15-5-7/h1-5H,(H,16,17). The molecule has 0 bridgehead atoms. The Kier molecular flexibility index (Phi) is 2.66. The molecule has 0 aliphatic carbocycles. The van der Waals surface area contributed by atoms with Gasteiger partial charge in [-0.15, -0.1) is 0 Å². The number of carbonyl (C=O) groups is 1. The average Bonchev–Trinajstić information content (AvgIpc) is 2.26. The topological polar surface area (TPSA) is 54.9 Å². The van der Waals surface area contributed by atoms with Crippen LogP contribution in [0.5, 0.6) is 0 Å². The summed E-state index contributed by atoms with van der Waals surface area (Å²) in [5.74, 6) is -1.24. The molecule has 0 spiro atoms. The van der Waals surface area contributed by atoms with Crippen molar-refractivity contribution in [3.8, 4) is 0 Å². The van der Waals surface area contributed by atoms with Gasteiger partial charge in [0.25, 0.3) is 5.91 Å². The molecule has 2 aromatic heterocycles. The van der Waals surface area contributed by atoms with Crippen LogP contribution in [0.3, 0.4) is 0 Å². The van der Waals surface area contributed by atoms with E-state index in [4.69, 9.17) is 0 Å². The molecule has 0 saturated carbocycles. The van der Waals surface area contributed by atoms with E-state index >= 15 is 0 Å². The van der Waals surface area contributed by atoms with Crippen LogP contribution in [0.1, 0.15) is 10.4 Å². The molecule has 0 atom stereocenters. The summed E-state index contributed by atoms with van der Waals surface area (Å²) in [5.41, 5.74) is 0.395. The van der Waals surface area contributed by atoms with Gasteiger partial charge in [-0.1, -0.05) is 0 Å². The van der Waals surface area contributed by atoms with E-state index in [-0.39, 0.29) is 5.56 Å². The maximum Gasteiger partial charge on any atom is 0.484 e. The second-order valence-corrected chi connectivity index (χ2v) is 3.24. The van der Waals surface area contributed by atoms with Gasteiger partial charge in [-0.3, -0.25) is 20.1 Å². The van der Waals surface area contributed by atoms with Crippen molar-refractivity contribution in [3.63, 3.8) is 0 Å². The second-order valence-electron chi connectivity index (χ2n) is 3.24. The van der Waals surface area contributed by atoms with E-state index in [2.05, 4.69) is 9.97 Å². The molecule has 7 heteroatoms. The van der Waals surface area contributed by atoms with Crippen LogP contribution >= 0.6 is 0 Å². The van der Waals surface area contributed by atoms with Crippen molar-refractivity contribution in [2.45, 2.75) is 6.30 Å². The van der Waals surface area contributed by atoms with Gasteiger partial charge in [0, 0.05) is 24.0 Å². The number of carbonyl (C=O) groups excluding carboxylic acids is 1. The van der Waals surface area contributed by atoms with Gasteiger partial charge in [0.2, 0.25) is 0 Å². The lowest BCUT2D eigenvalue weighted by atomic mass is 10.2. The van der Waals surface area contributed by atoms with Crippen molar-refractivity contribution < 1.29 is 18.0 Å². The molecule has 2 aromatic rings. The third-order valence-electron chi connectivity index (χ3n) is 2.00. The summed E-state index contributed by atoms with van der Waals surface area (Å²) in [6, 6.07) is 2.90.